The van der Waals surface area contributed by atoms with Gasteiger partial charge in [0, 0.05) is 0 Å². The predicted molar refractivity (Wildman–Crippen MR) is 106 cm³/mol. The van der Waals surface area contributed by atoms with Gasteiger partial charge in [0.25, 0.3) is 5.91 Å². The van der Waals surface area contributed by atoms with Crippen LogP contribution in [0.4, 0.5) is 5.82 Å². The van der Waals surface area contributed by atoms with E-state index >= 15 is 0 Å². The number of hydrogen-bond donors (Lipinski definition) is 2. The average Bonchev–Trinajstić information content (AvgIpc) is 3.44. The normalized spacial score (nSPS) is 11.7. The van der Waals surface area contributed by atoms with E-state index in [1.54, 1.807) is 13.0 Å². The molecule has 0 bridgehead atoms. The fraction of sp³-hybridized carbons (Fsp3) is 0.0667. The number of aromatic nitrogens is 5. The quantitative estimate of drug-likeness (QED) is 0.364. The summed E-state index contributed by atoms with van der Waals surface area (Å²) < 4.78 is 6.57. The molecule has 4 aromatic heterocycles. The lowest BCUT2D eigenvalue weighted by atomic mass is 10.2. The van der Waals surface area contributed by atoms with Crippen LogP contribution in [0, 0.1) is 0 Å². The van der Waals surface area contributed by atoms with Gasteiger partial charge >= 0.3 is 0 Å². The molecule has 0 saturated carbocycles. The largest absolute Gasteiger partial charge is 0.378 e. The molecule has 0 radical (unpaired) electrons. The van der Waals surface area contributed by atoms with Crippen molar-refractivity contribution in [2.75, 3.05) is 5.73 Å². The van der Waals surface area contributed by atoms with Crippen LogP contribution >= 0.6 is 34.3 Å². The Labute approximate surface area is 170 Å². The molecule has 0 unspecified atom stereocenters. The van der Waals surface area contributed by atoms with Crippen molar-refractivity contribution in [3.05, 3.63) is 44.6 Å². The fourth-order valence-corrected chi connectivity index (χ4v) is 4.05. The molecule has 0 saturated heterocycles. The maximum Gasteiger partial charge on any atom is 0.294 e. The number of halogens is 1. The Morgan fingerprint density at radius 2 is 2.21 bits per heavy atom. The minimum atomic E-state index is -0.535. The molecule has 0 aliphatic carbocycles. The van der Waals surface area contributed by atoms with E-state index in [1.165, 1.54) is 27.4 Å². The van der Waals surface area contributed by atoms with Crippen molar-refractivity contribution in [2.24, 2.45) is 5.10 Å². The number of anilines is 1. The summed E-state index contributed by atoms with van der Waals surface area (Å²) in [6.07, 6.45) is 0. The van der Waals surface area contributed by atoms with Crippen LogP contribution in [0.1, 0.15) is 22.3 Å². The molecule has 0 fully saturated rings. The Morgan fingerprint density at radius 3 is 2.86 bits per heavy atom. The van der Waals surface area contributed by atoms with Crippen molar-refractivity contribution < 1.29 is 9.42 Å². The maximum absolute atomic E-state index is 12.7. The standard InChI is InChI=1S/C15H11ClN8O2S2/c1-7(8-4-5-10(16)28-8)18-20-15(25)11-12(9-3-2-6-27-9)24(23-19-11)14-13(17)21-26-22-14/h2-6H,1H3,(H2,17,21)(H,20,25)/b18-7-. The Bertz CT molecular complexity index is 1160. The number of thiophene rings is 2. The third kappa shape index (κ3) is 3.40. The molecule has 0 aliphatic rings. The molecular formula is C15H11ClN8O2S2. The van der Waals surface area contributed by atoms with Gasteiger partial charge in [-0.15, -0.1) is 27.8 Å². The van der Waals surface area contributed by atoms with E-state index in [2.05, 4.69) is 35.8 Å². The minimum Gasteiger partial charge on any atom is -0.378 e. The Balaban J connectivity index is 1.69. The van der Waals surface area contributed by atoms with Crippen LogP contribution in [0.3, 0.4) is 0 Å². The second kappa shape index (κ2) is 7.50. The molecule has 13 heteroatoms. The Morgan fingerprint density at radius 1 is 1.36 bits per heavy atom. The van der Waals surface area contributed by atoms with Gasteiger partial charge in [-0.1, -0.05) is 22.9 Å². The van der Waals surface area contributed by atoms with Crippen molar-refractivity contribution in [3.8, 4) is 16.4 Å². The van der Waals surface area contributed by atoms with Gasteiger partial charge in [0.05, 0.1) is 19.8 Å². The van der Waals surface area contributed by atoms with E-state index in [9.17, 15) is 4.79 Å². The zero-order valence-electron chi connectivity index (χ0n) is 14.2. The zero-order chi connectivity index (χ0) is 19.7. The van der Waals surface area contributed by atoms with Gasteiger partial charge in [-0.05, 0) is 40.8 Å². The molecule has 0 aliphatic heterocycles. The summed E-state index contributed by atoms with van der Waals surface area (Å²) in [6.45, 7) is 1.77. The first-order chi connectivity index (χ1) is 13.5. The zero-order valence-corrected chi connectivity index (χ0v) is 16.5. The number of carbonyl (C=O) groups is 1. The predicted octanol–water partition coefficient (Wildman–Crippen LogP) is 2.83. The lowest BCUT2D eigenvalue weighted by Crippen LogP contribution is -2.20. The monoisotopic (exact) mass is 434 g/mol. The summed E-state index contributed by atoms with van der Waals surface area (Å²) in [5.41, 5.74) is 9.33. The van der Waals surface area contributed by atoms with Gasteiger partial charge in [0.15, 0.2) is 5.69 Å². The average molecular weight is 435 g/mol. The van der Waals surface area contributed by atoms with Crippen molar-refractivity contribution in [1.82, 2.24) is 30.7 Å². The lowest BCUT2D eigenvalue weighted by Gasteiger charge is -2.03. The van der Waals surface area contributed by atoms with Crippen LogP contribution in [-0.2, 0) is 0 Å². The summed E-state index contributed by atoms with van der Waals surface area (Å²) >= 11 is 8.70. The molecule has 3 N–H and O–H groups in total. The summed E-state index contributed by atoms with van der Waals surface area (Å²) in [4.78, 5) is 14.3. The second-order valence-corrected chi connectivity index (χ2v) is 8.05. The van der Waals surface area contributed by atoms with Gasteiger partial charge in [0.2, 0.25) is 11.6 Å². The third-order valence-electron chi connectivity index (χ3n) is 3.59. The number of carbonyl (C=O) groups excluding carboxylic acids is 1. The molecule has 0 atom stereocenters. The van der Waals surface area contributed by atoms with Crippen LogP contribution in [0.5, 0.6) is 0 Å². The lowest BCUT2D eigenvalue weighted by molar-refractivity contribution is 0.0950. The van der Waals surface area contributed by atoms with Gasteiger partial charge < -0.3 is 5.73 Å². The number of rotatable bonds is 5. The highest BCUT2D eigenvalue weighted by molar-refractivity contribution is 7.18. The van der Waals surface area contributed by atoms with Gasteiger partial charge in [-0.3, -0.25) is 4.79 Å². The van der Waals surface area contributed by atoms with Crippen LogP contribution < -0.4 is 11.2 Å². The highest BCUT2D eigenvalue weighted by atomic mass is 35.5. The minimum absolute atomic E-state index is 0.0260. The second-order valence-electron chi connectivity index (χ2n) is 5.39. The summed E-state index contributed by atoms with van der Waals surface area (Å²) in [7, 11) is 0. The molecule has 4 aromatic rings. The number of nitrogens with two attached hydrogens (primary N) is 1. The van der Waals surface area contributed by atoms with E-state index in [0.29, 0.717) is 15.7 Å². The highest BCUT2D eigenvalue weighted by Gasteiger charge is 2.25. The number of nitrogens with zero attached hydrogens (tertiary/aromatic N) is 6. The molecule has 142 valence electrons. The van der Waals surface area contributed by atoms with Gasteiger partial charge in [0.1, 0.15) is 5.69 Å². The van der Waals surface area contributed by atoms with E-state index < -0.39 is 5.91 Å². The molecule has 4 heterocycles. The third-order valence-corrected chi connectivity index (χ3v) is 5.81. The first kappa shape index (κ1) is 18.3. The van der Waals surface area contributed by atoms with Gasteiger partial charge in [-0.25, -0.2) is 10.1 Å². The Kier molecular flexibility index (Phi) is 4.90. The van der Waals surface area contributed by atoms with Gasteiger partial charge in [-0.2, -0.15) is 9.78 Å². The first-order valence-electron chi connectivity index (χ1n) is 7.73. The molecular weight excluding hydrogens is 424 g/mol. The van der Waals surface area contributed by atoms with Crippen LogP contribution in [0.2, 0.25) is 4.34 Å². The van der Waals surface area contributed by atoms with E-state index in [0.717, 1.165) is 9.75 Å². The van der Waals surface area contributed by atoms with E-state index in [1.807, 2.05) is 23.6 Å². The van der Waals surface area contributed by atoms with Crippen molar-refractivity contribution in [1.29, 1.82) is 0 Å². The fourth-order valence-electron chi connectivity index (χ4n) is 2.31. The Hall–Kier alpha value is -3.09. The molecule has 10 nitrogen and oxygen atoms in total. The number of nitrogens with one attached hydrogen (secondary N) is 1. The highest BCUT2D eigenvalue weighted by Crippen LogP contribution is 2.30. The number of nitrogen functional groups attached to an aromatic ring is 1. The maximum atomic E-state index is 12.7. The number of amides is 1. The SMILES string of the molecule is C/C(=N/NC(=O)c1nnn(-c2nonc2N)c1-c1cccs1)c1ccc(Cl)s1. The molecule has 4 rings (SSSR count). The van der Waals surface area contributed by atoms with Crippen molar-refractivity contribution >= 4 is 51.7 Å². The van der Waals surface area contributed by atoms with Crippen molar-refractivity contribution in [2.45, 2.75) is 6.92 Å². The molecule has 0 spiro atoms. The number of hydrogen-bond acceptors (Lipinski definition) is 10. The van der Waals surface area contributed by atoms with Crippen molar-refractivity contribution in [3.63, 3.8) is 0 Å². The molecule has 1 amide bonds. The van der Waals surface area contributed by atoms with Crippen LogP contribution in [0.15, 0.2) is 39.4 Å². The summed E-state index contributed by atoms with van der Waals surface area (Å²) in [5, 5.41) is 21.2. The smallest absolute Gasteiger partial charge is 0.294 e. The van der Waals surface area contributed by atoms with Crippen LogP contribution in [0.25, 0.3) is 16.4 Å². The van der Waals surface area contributed by atoms with Crippen LogP contribution in [-0.4, -0.2) is 36.9 Å². The molecule has 28 heavy (non-hydrogen) atoms. The number of hydrazone groups is 1. The topological polar surface area (TPSA) is 137 Å². The summed E-state index contributed by atoms with van der Waals surface area (Å²) in [5.74, 6) is -0.368. The van der Waals surface area contributed by atoms with E-state index in [-0.39, 0.29) is 17.3 Å². The first-order valence-corrected chi connectivity index (χ1v) is 9.80. The summed E-state index contributed by atoms with van der Waals surface area (Å²) in [6, 6.07) is 7.25. The van der Waals surface area contributed by atoms with E-state index in [4.69, 9.17) is 17.3 Å². The molecule has 0 aromatic carbocycles.